The molecule has 0 aliphatic carbocycles. The number of nitro benzene ring substituents is 1. The Morgan fingerprint density at radius 2 is 1.89 bits per heavy atom. The molecule has 0 saturated heterocycles. The van der Waals surface area contributed by atoms with Crippen LogP contribution in [0.25, 0.3) is 22.1 Å². The molecule has 0 unspecified atom stereocenters. The number of non-ortho nitro benzene ring substituents is 1. The van der Waals surface area contributed by atoms with Crippen molar-refractivity contribution in [3.05, 3.63) is 70.5 Å². The summed E-state index contributed by atoms with van der Waals surface area (Å²) in [5.74, 6) is 0.334. The van der Waals surface area contributed by atoms with E-state index < -0.39 is 23.7 Å². The van der Waals surface area contributed by atoms with E-state index in [4.69, 9.17) is 4.42 Å². The van der Waals surface area contributed by atoms with Crippen molar-refractivity contribution in [3.8, 4) is 0 Å². The fourth-order valence-electron chi connectivity index (χ4n) is 3.05. The minimum Gasteiger partial charge on any atom is -0.450 e. The van der Waals surface area contributed by atoms with Gasteiger partial charge in [-0.3, -0.25) is 10.1 Å². The number of furan rings is 1. The van der Waals surface area contributed by atoms with Crippen LogP contribution in [0.3, 0.4) is 0 Å². The highest BCUT2D eigenvalue weighted by molar-refractivity contribution is 6.05. The van der Waals surface area contributed by atoms with Crippen molar-refractivity contribution in [2.24, 2.45) is 0 Å². The van der Waals surface area contributed by atoms with E-state index in [9.17, 15) is 20.3 Å². The van der Waals surface area contributed by atoms with Crippen molar-refractivity contribution >= 4 is 33.6 Å². The molecule has 2 atom stereocenters. The molecule has 2 aromatic heterocycles. The van der Waals surface area contributed by atoms with Gasteiger partial charge in [0.1, 0.15) is 23.5 Å². The molecule has 0 bridgehead atoms. The van der Waals surface area contributed by atoms with Gasteiger partial charge in [0.05, 0.1) is 17.6 Å². The van der Waals surface area contributed by atoms with Gasteiger partial charge >= 0.3 is 0 Å². The Morgan fingerprint density at radius 1 is 1.14 bits per heavy atom. The first-order chi connectivity index (χ1) is 13.6. The summed E-state index contributed by atoms with van der Waals surface area (Å²) >= 11 is 0. The van der Waals surface area contributed by atoms with E-state index in [2.05, 4.69) is 15.3 Å². The number of rotatable bonds is 6. The summed E-state index contributed by atoms with van der Waals surface area (Å²) in [5.41, 5.74) is 2.03. The second kappa shape index (κ2) is 7.22. The Morgan fingerprint density at radius 3 is 2.61 bits per heavy atom. The number of aliphatic hydroxyl groups excluding tert-OH is 2. The van der Waals surface area contributed by atoms with Crippen LogP contribution in [0.1, 0.15) is 11.7 Å². The number of nitro groups is 1. The summed E-state index contributed by atoms with van der Waals surface area (Å²) in [6, 6.07) is 12.1. The van der Waals surface area contributed by atoms with Crippen molar-refractivity contribution in [3.63, 3.8) is 0 Å². The number of para-hydroxylation sites is 1. The lowest BCUT2D eigenvalue weighted by atomic mass is 10.0. The van der Waals surface area contributed by atoms with Gasteiger partial charge in [-0.1, -0.05) is 12.1 Å². The van der Waals surface area contributed by atoms with Gasteiger partial charge in [-0.05, 0) is 29.8 Å². The fourth-order valence-corrected chi connectivity index (χ4v) is 3.05. The van der Waals surface area contributed by atoms with Gasteiger partial charge in [0.2, 0.25) is 0 Å². The molecular formula is C19H16N4O5. The molecule has 0 aliphatic rings. The molecule has 0 radical (unpaired) electrons. The maximum Gasteiger partial charge on any atom is 0.269 e. The molecule has 3 N–H and O–H groups in total. The van der Waals surface area contributed by atoms with E-state index >= 15 is 0 Å². The van der Waals surface area contributed by atoms with Crippen LogP contribution < -0.4 is 5.32 Å². The van der Waals surface area contributed by atoms with Gasteiger partial charge in [0.15, 0.2) is 11.4 Å². The highest BCUT2D eigenvalue weighted by Gasteiger charge is 2.23. The second-order valence-electron chi connectivity index (χ2n) is 6.23. The monoisotopic (exact) mass is 380 g/mol. The van der Waals surface area contributed by atoms with Crippen molar-refractivity contribution in [2.45, 2.75) is 12.1 Å². The number of nitrogens with zero attached hydrogens (tertiary/aromatic N) is 3. The van der Waals surface area contributed by atoms with Gasteiger partial charge in [0.25, 0.3) is 5.69 Å². The highest BCUT2D eigenvalue weighted by Crippen LogP contribution is 2.31. The smallest absolute Gasteiger partial charge is 0.269 e. The fraction of sp³-hybridized carbons (Fsp3) is 0.158. The van der Waals surface area contributed by atoms with E-state index in [1.165, 1.54) is 30.6 Å². The van der Waals surface area contributed by atoms with Crippen LogP contribution >= 0.6 is 0 Å². The van der Waals surface area contributed by atoms with Crippen molar-refractivity contribution in [2.75, 3.05) is 11.9 Å². The predicted octanol–water partition coefficient (Wildman–Crippen LogP) is 2.79. The third-order valence-electron chi connectivity index (χ3n) is 4.50. The minimum absolute atomic E-state index is 0.0794. The lowest BCUT2D eigenvalue weighted by Gasteiger charge is -2.23. The lowest BCUT2D eigenvalue weighted by molar-refractivity contribution is -0.384. The number of hydrogen-bond acceptors (Lipinski definition) is 8. The van der Waals surface area contributed by atoms with Gasteiger partial charge in [0, 0.05) is 17.5 Å². The third kappa shape index (κ3) is 3.13. The third-order valence-corrected chi connectivity index (χ3v) is 4.50. The Labute approximate surface area is 158 Å². The average Bonchev–Trinajstić information content (AvgIpc) is 3.11. The van der Waals surface area contributed by atoms with Crippen molar-refractivity contribution < 1.29 is 19.6 Å². The van der Waals surface area contributed by atoms with Crippen LogP contribution in [0, 0.1) is 10.1 Å². The zero-order valence-corrected chi connectivity index (χ0v) is 14.5. The molecule has 9 heteroatoms. The number of aliphatic hydroxyl groups is 2. The van der Waals surface area contributed by atoms with E-state index in [1.807, 2.05) is 24.3 Å². The molecule has 2 heterocycles. The molecule has 2 aromatic carbocycles. The van der Waals surface area contributed by atoms with E-state index in [-0.39, 0.29) is 5.69 Å². The molecule has 9 nitrogen and oxygen atoms in total. The maximum atomic E-state index is 10.8. The molecule has 142 valence electrons. The normalized spacial score (nSPS) is 13.5. The largest absolute Gasteiger partial charge is 0.450 e. The van der Waals surface area contributed by atoms with Crippen LogP contribution in [0.15, 0.2) is 59.3 Å². The summed E-state index contributed by atoms with van der Waals surface area (Å²) < 4.78 is 5.83. The number of aromatic nitrogens is 2. The van der Waals surface area contributed by atoms with Gasteiger partial charge in [-0.2, -0.15) is 0 Å². The Kier molecular flexibility index (Phi) is 4.60. The quantitative estimate of drug-likeness (QED) is 0.343. The molecule has 0 amide bonds. The molecule has 0 saturated carbocycles. The number of benzene rings is 2. The first-order valence-corrected chi connectivity index (χ1v) is 8.50. The molecule has 0 spiro atoms. The maximum absolute atomic E-state index is 10.8. The van der Waals surface area contributed by atoms with Crippen LogP contribution in [-0.2, 0) is 0 Å². The summed E-state index contributed by atoms with van der Waals surface area (Å²) in [5, 5.41) is 35.0. The number of anilines is 1. The number of fused-ring (bicyclic) bond motifs is 3. The summed E-state index contributed by atoms with van der Waals surface area (Å²) in [6.45, 7) is -0.399. The number of hydrogen-bond donors (Lipinski definition) is 3. The topological polar surface area (TPSA) is 135 Å². The van der Waals surface area contributed by atoms with Crippen LogP contribution in [0.2, 0.25) is 0 Å². The molecule has 4 rings (SSSR count). The Balaban J connectivity index is 1.65. The molecule has 0 aliphatic heterocycles. The van der Waals surface area contributed by atoms with Gasteiger partial charge in [-0.15, -0.1) is 0 Å². The standard InChI is InChI=1S/C19H16N4O5/c24-9-14(17(25)11-5-7-12(8-6-11)23(26)27)22-19-18-16(20-10-21-19)13-3-1-2-4-15(13)28-18/h1-8,10,14,17,24-25H,9H2,(H,20,21,22)/t14-,17-/m0/s1. The molecule has 4 aromatic rings. The zero-order valence-electron chi connectivity index (χ0n) is 14.5. The van der Waals surface area contributed by atoms with E-state index in [0.717, 1.165) is 5.39 Å². The van der Waals surface area contributed by atoms with Crippen molar-refractivity contribution in [1.82, 2.24) is 9.97 Å². The van der Waals surface area contributed by atoms with E-state index in [0.29, 0.717) is 28.1 Å². The van der Waals surface area contributed by atoms with Crippen LogP contribution in [0.5, 0.6) is 0 Å². The van der Waals surface area contributed by atoms with Crippen molar-refractivity contribution in [1.29, 1.82) is 0 Å². The van der Waals surface area contributed by atoms with Gasteiger partial charge in [-0.25, -0.2) is 9.97 Å². The first-order valence-electron chi connectivity index (χ1n) is 8.50. The van der Waals surface area contributed by atoms with E-state index in [1.54, 1.807) is 0 Å². The minimum atomic E-state index is -1.12. The van der Waals surface area contributed by atoms with Crippen LogP contribution in [-0.4, -0.2) is 37.8 Å². The summed E-state index contributed by atoms with van der Waals surface area (Å²) in [4.78, 5) is 18.7. The lowest BCUT2D eigenvalue weighted by Crippen LogP contribution is -2.31. The van der Waals surface area contributed by atoms with Crippen LogP contribution in [0.4, 0.5) is 11.5 Å². The first kappa shape index (κ1) is 17.8. The highest BCUT2D eigenvalue weighted by atomic mass is 16.6. The zero-order chi connectivity index (χ0) is 19.7. The average molecular weight is 380 g/mol. The van der Waals surface area contributed by atoms with Gasteiger partial charge < -0.3 is 19.9 Å². The molecular weight excluding hydrogens is 364 g/mol. The molecule has 28 heavy (non-hydrogen) atoms. The second-order valence-corrected chi connectivity index (χ2v) is 6.23. The Bertz CT molecular complexity index is 1140. The predicted molar refractivity (Wildman–Crippen MR) is 102 cm³/mol. The SMILES string of the molecule is O=[N+]([O-])c1ccc([C@H](O)[C@H](CO)Nc2ncnc3c2oc2ccccc23)cc1. The Hall–Kier alpha value is -3.56. The summed E-state index contributed by atoms with van der Waals surface area (Å²) in [7, 11) is 0. The number of nitrogens with one attached hydrogen (secondary N) is 1. The molecule has 0 fully saturated rings. The summed E-state index contributed by atoms with van der Waals surface area (Å²) in [6.07, 6.45) is 0.250.